The number of carbonyl (C=O) groups excluding carboxylic acids is 2. The van der Waals surface area contributed by atoms with Gasteiger partial charge in [0.05, 0.1) is 20.3 Å². The van der Waals surface area contributed by atoms with Gasteiger partial charge in [-0.25, -0.2) is 0 Å². The summed E-state index contributed by atoms with van der Waals surface area (Å²) in [6.45, 7) is 2.03. The molecule has 0 saturated heterocycles. The van der Waals surface area contributed by atoms with Gasteiger partial charge in [0.1, 0.15) is 36.8 Å². The van der Waals surface area contributed by atoms with Gasteiger partial charge in [-0.3, -0.25) is 9.59 Å². The van der Waals surface area contributed by atoms with Crippen LogP contribution in [0.15, 0.2) is 48.5 Å². The van der Waals surface area contributed by atoms with Crippen molar-refractivity contribution in [3.63, 3.8) is 0 Å². The summed E-state index contributed by atoms with van der Waals surface area (Å²) in [7, 11) is 4.53. The first-order valence-corrected chi connectivity index (χ1v) is 10.2. The van der Waals surface area contributed by atoms with Gasteiger partial charge in [0.2, 0.25) is 5.91 Å². The van der Waals surface area contributed by atoms with Gasteiger partial charge in [-0.1, -0.05) is 24.3 Å². The number of hydrogen-bond acceptors (Lipinski definition) is 9. The molecule has 190 valence electrons. The first kappa shape index (κ1) is 31.1. The molecule has 0 heterocycles. The minimum Gasteiger partial charge on any atom is -0.491 e. The molecule has 0 radical (unpaired) electrons. The van der Waals surface area contributed by atoms with Crippen molar-refractivity contribution in [2.75, 3.05) is 47.8 Å². The molecule has 0 spiro atoms. The number of halogens is 1. The summed E-state index contributed by atoms with van der Waals surface area (Å²) >= 11 is 0. The molecule has 0 aliphatic carbocycles. The number of esters is 1. The summed E-state index contributed by atoms with van der Waals surface area (Å²) in [5, 5.41) is 0. The van der Waals surface area contributed by atoms with Crippen LogP contribution in [-0.2, 0) is 23.8 Å². The third kappa shape index (κ3) is 11.3. The first-order valence-electron chi connectivity index (χ1n) is 10.2. The van der Waals surface area contributed by atoms with Crippen LogP contribution in [0.25, 0.3) is 0 Å². The van der Waals surface area contributed by atoms with Crippen LogP contribution in [0.2, 0.25) is 0 Å². The molecule has 6 N–H and O–H groups in total. The lowest BCUT2D eigenvalue weighted by molar-refractivity contribution is -0.142. The molecule has 2 unspecified atom stereocenters. The fourth-order valence-electron chi connectivity index (χ4n) is 2.46. The lowest BCUT2D eigenvalue weighted by Crippen LogP contribution is -2.28. The number of ether oxygens (including phenoxy) is 5. The number of benzene rings is 2. The second-order valence-corrected chi connectivity index (χ2v) is 6.70. The van der Waals surface area contributed by atoms with Gasteiger partial charge in [0, 0.05) is 14.2 Å². The van der Waals surface area contributed by atoms with E-state index in [0.29, 0.717) is 49.1 Å². The van der Waals surface area contributed by atoms with Crippen LogP contribution in [-0.4, -0.2) is 59.6 Å². The number of rotatable bonds is 12. The minimum atomic E-state index is -0.770. The quantitative estimate of drug-likeness (QED) is 0.290. The summed E-state index contributed by atoms with van der Waals surface area (Å²) in [6, 6.07) is 12.4. The molecule has 10 nitrogen and oxygen atoms in total. The molecule has 1 amide bonds. The summed E-state index contributed by atoms with van der Waals surface area (Å²) in [4.78, 5) is 22.1. The van der Waals surface area contributed by atoms with Gasteiger partial charge in [-0.2, -0.15) is 0 Å². The Labute approximate surface area is 206 Å². The lowest BCUT2D eigenvalue weighted by Gasteiger charge is -2.10. The van der Waals surface area contributed by atoms with Crippen LogP contribution in [0.1, 0.15) is 23.2 Å². The lowest BCUT2D eigenvalue weighted by atomic mass is 10.1. The van der Waals surface area contributed by atoms with Crippen molar-refractivity contribution >= 4 is 24.3 Å². The van der Waals surface area contributed by atoms with Gasteiger partial charge >= 0.3 is 5.97 Å². The van der Waals surface area contributed by atoms with E-state index in [9.17, 15) is 9.59 Å². The monoisotopic (exact) mass is 499 g/mol. The summed E-state index contributed by atoms with van der Waals surface area (Å²) < 4.78 is 25.0. The molecule has 0 aliphatic heterocycles. The Morgan fingerprint density at radius 1 is 0.706 bits per heavy atom. The van der Waals surface area contributed by atoms with Crippen molar-refractivity contribution in [1.29, 1.82) is 0 Å². The number of hydrogen-bond donors (Lipinski definition) is 3. The maximum absolute atomic E-state index is 11.2. The van der Waals surface area contributed by atoms with E-state index in [2.05, 4.69) is 4.74 Å². The fraction of sp³-hybridized carbons (Fsp3) is 0.391. The second kappa shape index (κ2) is 17.6. The van der Waals surface area contributed by atoms with E-state index in [1.165, 1.54) is 7.11 Å². The fourth-order valence-corrected chi connectivity index (χ4v) is 2.46. The molecule has 11 heteroatoms. The maximum Gasteiger partial charge on any atom is 0.327 e. The van der Waals surface area contributed by atoms with E-state index < -0.39 is 24.0 Å². The standard InChI is InChI=1S/C12H17NO4.C11H16N2O3.ClH/c1-15-7-8-17-10-5-3-9(4-6-10)11(13)12(14)16-2;1-15-6-7-16-9-4-2-8(3-5-9)10(12)11(13)14;/h3-6,11H,7-8,13H2,1-2H3;2-5,10H,6-7,12H2,1H3,(H2,13,14);1H. The normalized spacial score (nSPS) is 11.7. The third-order valence-electron chi connectivity index (χ3n) is 4.35. The number of carbonyl (C=O) groups is 2. The number of methoxy groups -OCH3 is 3. The van der Waals surface area contributed by atoms with E-state index in [0.717, 1.165) is 0 Å². The molecule has 2 rings (SSSR count). The topological polar surface area (TPSA) is 158 Å². The summed E-state index contributed by atoms with van der Waals surface area (Å²) in [5.74, 6) is 0.409. The van der Waals surface area contributed by atoms with Crippen LogP contribution in [0.5, 0.6) is 11.5 Å². The Morgan fingerprint density at radius 3 is 1.41 bits per heavy atom. The largest absolute Gasteiger partial charge is 0.491 e. The van der Waals surface area contributed by atoms with Gasteiger partial charge < -0.3 is 40.9 Å². The Bertz CT molecular complexity index is 835. The molecule has 0 aliphatic rings. The highest BCUT2D eigenvalue weighted by atomic mass is 35.5. The highest BCUT2D eigenvalue weighted by Gasteiger charge is 2.15. The Hall–Kier alpha value is -2.89. The van der Waals surface area contributed by atoms with E-state index in [-0.39, 0.29) is 12.4 Å². The average Bonchev–Trinajstić information content (AvgIpc) is 2.84. The Kier molecular flexibility index (Phi) is 16.1. The van der Waals surface area contributed by atoms with E-state index in [4.69, 9.17) is 36.1 Å². The van der Waals surface area contributed by atoms with Gasteiger partial charge in [-0.05, 0) is 35.4 Å². The van der Waals surface area contributed by atoms with Gasteiger partial charge in [0.25, 0.3) is 0 Å². The van der Waals surface area contributed by atoms with Crippen molar-refractivity contribution in [3.8, 4) is 11.5 Å². The van der Waals surface area contributed by atoms with Crippen molar-refractivity contribution in [1.82, 2.24) is 0 Å². The van der Waals surface area contributed by atoms with Crippen molar-refractivity contribution in [3.05, 3.63) is 59.7 Å². The second-order valence-electron chi connectivity index (χ2n) is 6.70. The average molecular weight is 500 g/mol. The highest BCUT2D eigenvalue weighted by Crippen LogP contribution is 2.17. The molecule has 34 heavy (non-hydrogen) atoms. The zero-order valence-electron chi connectivity index (χ0n) is 19.6. The van der Waals surface area contributed by atoms with Crippen LogP contribution < -0.4 is 26.7 Å². The molecule has 2 atom stereocenters. The number of nitrogens with two attached hydrogens (primary N) is 3. The molecular weight excluding hydrogens is 466 g/mol. The van der Waals surface area contributed by atoms with E-state index >= 15 is 0 Å². The van der Waals surface area contributed by atoms with Crippen LogP contribution in [0.3, 0.4) is 0 Å². The SMILES string of the molecule is COCCOc1ccc(C(N)C(=O)OC)cc1.COCCOc1ccc(C(N)C(N)=O)cc1.Cl. The first-order chi connectivity index (χ1) is 15.8. The molecule has 2 aromatic rings. The Balaban J connectivity index is 0.000000623. The molecule has 0 saturated carbocycles. The molecule has 0 aromatic heterocycles. The van der Waals surface area contributed by atoms with Crippen LogP contribution in [0.4, 0.5) is 0 Å². The maximum atomic E-state index is 11.2. The van der Waals surface area contributed by atoms with Crippen molar-refractivity contribution in [2.24, 2.45) is 17.2 Å². The zero-order chi connectivity index (χ0) is 24.6. The predicted molar refractivity (Wildman–Crippen MR) is 130 cm³/mol. The molecular formula is C23H34ClN3O7. The molecule has 2 aromatic carbocycles. The minimum absolute atomic E-state index is 0. The smallest absolute Gasteiger partial charge is 0.327 e. The number of amides is 1. The molecule has 0 bridgehead atoms. The van der Waals surface area contributed by atoms with Crippen molar-refractivity contribution in [2.45, 2.75) is 12.1 Å². The zero-order valence-corrected chi connectivity index (χ0v) is 20.4. The highest BCUT2D eigenvalue weighted by molar-refractivity contribution is 5.85. The number of primary amides is 1. The third-order valence-corrected chi connectivity index (χ3v) is 4.35. The van der Waals surface area contributed by atoms with E-state index in [1.807, 2.05) is 0 Å². The predicted octanol–water partition coefficient (Wildman–Crippen LogP) is 1.50. The summed E-state index contributed by atoms with van der Waals surface area (Å²) in [5.41, 5.74) is 17.7. The van der Waals surface area contributed by atoms with Crippen molar-refractivity contribution < 1.29 is 33.3 Å². The van der Waals surface area contributed by atoms with Gasteiger partial charge in [-0.15, -0.1) is 12.4 Å². The van der Waals surface area contributed by atoms with Crippen LogP contribution in [0, 0.1) is 0 Å². The van der Waals surface area contributed by atoms with E-state index in [1.54, 1.807) is 62.8 Å². The molecule has 0 fully saturated rings. The van der Waals surface area contributed by atoms with Gasteiger partial charge in [0.15, 0.2) is 0 Å². The Morgan fingerprint density at radius 2 is 1.09 bits per heavy atom. The summed E-state index contributed by atoms with van der Waals surface area (Å²) in [6.07, 6.45) is 0. The van der Waals surface area contributed by atoms with Crippen LogP contribution >= 0.6 is 12.4 Å².